The van der Waals surface area contributed by atoms with Crippen molar-refractivity contribution in [1.82, 2.24) is 0 Å². The van der Waals surface area contributed by atoms with Crippen LogP contribution in [0.25, 0.3) is 4.85 Å². The summed E-state index contributed by atoms with van der Waals surface area (Å²) in [6.07, 6.45) is 0.917. The molecule has 0 saturated carbocycles. The van der Waals surface area contributed by atoms with E-state index in [2.05, 4.69) is 30.9 Å². The number of rotatable bonds is 8. The molecule has 0 aliphatic carbocycles. The Kier molecular flexibility index (Phi) is 7.50. The molecule has 3 rings (SSSR count). The molecular weight excluding hydrogens is 408 g/mol. The molecule has 0 saturated heterocycles. The van der Waals surface area contributed by atoms with Crippen LogP contribution < -0.4 is 10.1 Å². The minimum absolute atomic E-state index is 0.149. The second-order valence-electron chi connectivity index (χ2n) is 8.28. The number of fused-ring (bicyclic) bond motifs is 1. The highest BCUT2D eigenvalue weighted by Gasteiger charge is 2.37. The Balaban J connectivity index is 1.69. The van der Waals surface area contributed by atoms with Crippen molar-refractivity contribution >= 4 is 29.1 Å². The Bertz CT molecular complexity index is 950. The molecule has 0 fully saturated rings. The number of carbonyl (C=O) groups is 1. The fraction of sp³-hybridized carbons (Fsp3) is 0.440. The van der Waals surface area contributed by atoms with Gasteiger partial charge < -0.3 is 14.8 Å². The summed E-state index contributed by atoms with van der Waals surface area (Å²) in [6.45, 7) is 16.5. The molecule has 6 heteroatoms. The summed E-state index contributed by atoms with van der Waals surface area (Å²) >= 11 is 1.90. The number of nitrogens with zero attached hydrogens (tertiary/aromatic N) is 1. The van der Waals surface area contributed by atoms with Gasteiger partial charge in [0.15, 0.2) is 5.69 Å². The van der Waals surface area contributed by atoms with E-state index in [4.69, 9.17) is 16.0 Å². The molecule has 0 amide bonds. The predicted molar refractivity (Wildman–Crippen MR) is 127 cm³/mol. The minimum atomic E-state index is -0.325. The van der Waals surface area contributed by atoms with Crippen molar-refractivity contribution < 1.29 is 14.3 Å². The quantitative estimate of drug-likeness (QED) is 0.377. The number of benzene rings is 2. The maximum atomic E-state index is 12.6. The molecule has 1 N–H and O–H groups in total. The third kappa shape index (κ3) is 5.54. The lowest BCUT2D eigenvalue weighted by molar-refractivity contribution is 0.0302. The number of carbonyl (C=O) groups excluding carboxylic acids is 1. The molecule has 31 heavy (non-hydrogen) atoms. The highest BCUT2D eigenvalue weighted by molar-refractivity contribution is 7.99. The van der Waals surface area contributed by atoms with Crippen LogP contribution in [-0.4, -0.2) is 31.0 Å². The number of hydrogen-bond donors (Lipinski definition) is 1. The van der Waals surface area contributed by atoms with Crippen LogP contribution in [0.3, 0.4) is 0 Å². The first-order chi connectivity index (χ1) is 14.9. The van der Waals surface area contributed by atoms with E-state index >= 15 is 0 Å². The van der Waals surface area contributed by atoms with Crippen LogP contribution in [0.2, 0.25) is 0 Å². The van der Waals surface area contributed by atoms with Crippen molar-refractivity contribution in [1.29, 1.82) is 0 Å². The summed E-state index contributed by atoms with van der Waals surface area (Å²) in [5.41, 5.74) is 3.19. The lowest BCUT2D eigenvalue weighted by atomic mass is 9.79. The zero-order valence-corrected chi connectivity index (χ0v) is 19.4. The largest absolute Gasteiger partial charge is 0.494 e. The average Bonchev–Trinajstić information content (AvgIpc) is 2.78. The topological polar surface area (TPSA) is 51.9 Å². The van der Waals surface area contributed by atoms with E-state index in [9.17, 15) is 4.79 Å². The number of hydrogen-bond acceptors (Lipinski definition) is 5. The first-order valence-corrected chi connectivity index (χ1v) is 11.7. The lowest BCUT2D eigenvalue weighted by Crippen LogP contribution is -2.43. The Morgan fingerprint density at radius 1 is 1.23 bits per heavy atom. The van der Waals surface area contributed by atoms with Crippen LogP contribution in [0.15, 0.2) is 42.5 Å². The smallest absolute Gasteiger partial charge is 0.338 e. The van der Waals surface area contributed by atoms with Gasteiger partial charge in [0.1, 0.15) is 5.75 Å². The van der Waals surface area contributed by atoms with Crippen molar-refractivity contribution in [3.8, 4) is 5.75 Å². The van der Waals surface area contributed by atoms with Gasteiger partial charge in [-0.25, -0.2) is 9.64 Å². The second-order valence-corrected chi connectivity index (χ2v) is 9.76. The molecule has 1 aliphatic rings. The Morgan fingerprint density at radius 2 is 1.97 bits per heavy atom. The zero-order valence-electron chi connectivity index (χ0n) is 18.6. The van der Waals surface area contributed by atoms with Crippen LogP contribution >= 0.6 is 11.8 Å². The van der Waals surface area contributed by atoms with Gasteiger partial charge in [-0.05, 0) is 55.0 Å². The molecule has 2 aromatic carbocycles. The van der Waals surface area contributed by atoms with Gasteiger partial charge in [-0.15, -0.1) is 0 Å². The van der Waals surface area contributed by atoms with Gasteiger partial charge in [-0.3, -0.25) is 0 Å². The molecule has 164 valence electrons. The Labute approximate surface area is 189 Å². The van der Waals surface area contributed by atoms with E-state index < -0.39 is 0 Å². The van der Waals surface area contributed by atoms with E-state index in [1.54, 1.807) is 24.3 Å². The van der Waals surface area contributed by atoms with Crippen LogP contribution in [0.5, 0.6) is 5.75 Å². The number of thioether (sulfide) groups is 1. The highest BCUT2D eigenvalue weighted by Crippen LogP contribution is 2.46. The standard InChI is InChI=1S/C25H30N2O3S/c1-6-29-19-11-8-17(9-12-19)24(28)30-16-25(3,4)23-15-22(31-7-2)20-14-18(26-5)10-13-21(20)27-23/h8-14,22-23,27H,6-7,15-16H2,1-4H3. The zero-order chi connectivity index (χ0) is 22.4. The van der Waals surface area contributed by atoms with E-state index in [1.807, 2.05) is 36.9 Å². The van der Waals surface area contributed by atoms with Crippen LogP contribution in [0.4, 0.5) is 11.4 Å². The molecular formula is C25H30N2O3S. The summed E-state index contributed by atoms with van der Waals surface area (Å²) in [4.78, 5) is 16.1. The van der Waals surface area contributed by atoms with Crippen LogP contribution in [-0.2, 0) is 4.74 Å². The molecule has 0 spiro atoms. The molecule has 2 unspecified atom stereocenters. The van der Waals surface area contributed by atoms with Gasteiger partial charge in [0.2, 0.25) is 0 Å². The minimum Gasteiger partial charge on any atom is -0.494 e. The van der Waals surface area contributed by atoms with E-state index in [0.29, 0.717) is 29.7 Å². The number of anilines is 1. The highest BCUT2D eigenvalue weighted by atomic mass is 32.2. The molecule has 1 heterocycles. The van der Waals surface area contributed by atoms with Gasteiger partial charge in [0.25, 0.3) is 0 Å². The molecule has 1 aliphatic heterocycles. The van der Waals surface area contributed by atoms with E-state index in [1.165, 1.54) is 5.56 Å². The lowest BCUT2D eigenvalue weighted by Gasteiger charge is -2.41. The van der Waals surface area contributed by atoms with E-state index in [0.717, 1.165) is 23.6 Å². The van der Waals surface area contributed by atoms with E-state index in [-0.39, 0.29) is 17.4 Å². The first kappa shape index (κ1) is 23.0. The van der Waals surface area contributed by atoms with Crippen molar-refractivity contribution in [3.05, 3.63) is 65.0 Å². The normalized spacial score (nSPS) is 17.8. The van der Waals surface area contributed by atoms with Crippen molar-refractivity contribution in [3.63, 3.8) is 0 Å². The van der Waals surface area contributed by atoms with Crippen molar-refractivity contribution in [2.75, 3.05) is 24.3 Å². The molecule has 2 aromatic rings. The second kappa shape index (κ2) is 10.1. The summed E-state index contributed by atoms with van der Waals surface area (Å²) in [7, 11) is 0. The first-order valence-electron chi connectivity index (χ1n) is 10.7. The van der Waals surface area contributed by atoms with Crippen LogP contribution in [0.1, 0.15) is 55.3 Å². The molecule has 0 aromatic heterocycles. The third-order valence-electron chi connectivity index (χ3n) is 5.58. The maximum absolute atomic E-state index is 12.6. The number of ether oxygens (including phenoxy) is 2. The van der Waals surface area contributed by atoms with Gasteiger partial charge in [-0.2, -0.15) is 11.8 Å². The van der Waals surface area contributed by atoms with Gasteiger partial charge in [0.05, 0.1) is 25.3 Å². The fourth-order valence-electron chi connectivity index (χ4n) is 3.77. The summed E-state index contributed by atoms with van der Waals surface area (Å²) in [5, 5.41) is 3.95. The predicted octanol–water partition coefficient (Wildman–Crippen LogP) is 6.50. The van der Waals surface area contributed by atoms with Crippen molar-refractivity contribution in [2.45, 2.75) is 45.4 Å². The summed E-state index contributed by atoms with van der Waals surface area (Å²) in [6, 6.07) is 13.0. The Morgan fingerprint density at radius 3 is 2.61 bits per heavy atom. The summed E-state index contributed by atoms with van der Waals surface area (Å²) < 4.78 is 11.1. The molecule has 2 atom stereocenters. The number of esters is 1. The van der Waals surface area contributed by atoms with Gasteiger partial charge >= 0.3 is 5.97 Å². The molecule has 5 nitrogen and oxygen atoms in total. The molecule has 0 bridgehead atoms. The van der Waals surface area contributed by atoms with Gasteiger partial charge in [-0.1, -0.05) is 32.9 Å². The molecule has 0 radical (unpaired) electrons. The monoisotopic (exact) mass is 438 g/mol. The fourth-order valence-corrected chi connectivity index (χ4v) is 4.87. The van der Waals surface area contributed by atoms with Crippen LogP contribution in [0, 0.1) is 12.0 Å². The summed E-state index contributed by atoms with van der Waals surface area (Å²) in [5.74, 6) is 1.42. The maximum Gasteiger partial charge on any atom is 0.338 e. The average molecular weight is 439 g/mol. The van der Waals surface area contributed by atoms with Crippen molar-refractivity contribution in [2.24, 2.45) is 5.41 Å². The van der Waals surface area contributed by atoms with Gasteiger partial charge in [0, 0.05) is 22.4 Å². The number of nitrogens with one attached hydrogen (secondary N) is 1. The SMILES string of the molecule is [C-]#[N+]c1ccc2c(c1)C(SCC)CC(C(C)(C)COC(=O)c1ccc(OCC)cc1)N2. The Hall–Kier alpha value is -2.65. The third-order valence-corrected chi connectivity index (χ3v) is 6.76.